The molecule has 0 aliphatic heterocycles. The molecular weight excluding hydrogens is 318 g/mol. The second kappa shape index (κ2) is 6.04. The molecule has 0 spiro atoms. The van der Waals surface area contributed by atoms with Crippen molar-refractivity contribution in [2.75, 3.05) is 10.8 Å². The molecule has 0 atom stereocenters. The summed E-state index contributed by atoms with van der Waals surface area (Å²) in [5, 5.41) is 13.2. The molecular formula is C15H19N3O4S. The molecule has 0 aliphatic carbocycles. The number of hydrogen-bond donors (Lipinski definition) is 1. The van der Waals surface area contributed by atoms with Crippen LogP contribution in [0.4, 0.5) is 5.69 Å². The third-order valence-corrected chi connectivity index (χ3v) is 5.62. The standard InChI is InChI=1S/C15H19N3O4S/c1-10-5-7-13(8-6-10)18(9-14(19)20)23(21,22)15-11(2)16-17(4)12(15)3/h5-8H,9H2,1-4H3,(H,19,20). The van der Waals surface area contributed by atoms with Gasteiger partial charge in [-0.3, -0.25) is 13.8 Å². The Hall–Kier alpha value is -2.35. The fraction of sp³-hybridized carbons (Fsp3) is 0.333. The molecule has 0 unspecified atom stereocenters. The lowest BCUT2D eigenvalue weighted by Crippen LogP contribution is -2.36. The van der Waals surface area contributed by atoms with E-state index in [0.717, 1.165) is 9.87 Å². The second-order valence-corrected chi connectivity index (χ2v) is 7.16. The molecule has 0 bridgehead atoms. The van der Waals surface area contributed by atoms with Crippen molar-refractivity contribution in [1.29, 1.82) is 0 Å². The Morgan fingerprint density at radius 3 is 2.22 bits per heavy atom. The number of carbonyl (C=O) groups is 1. The SMILES string of the molecule is Cc1ccc(N(CC(=O)O)S(=O)(=O)c2c(C)nn(C)c2C)cc1. The number of aryl methyl sites for hydroxylation is 3. The van der Waals surface area contributed by atoms with E-state index in [1.165, 1.54) is 4.68 Å². The van der Waals surface area contributed by atoms with E-state index < -0.39 is 22.5 Å². The minimum atomic E-state index is -4.03. The van der Waals surface area contributed by atoms with E-state index in [4.69, 9.17) is 5.11 Å². The summed E-state index contributed by atoms with van der Waals surface area (Å²) < 4.78 is 28.4. The molecule has 8 heteroatoms. The van der Waals surface area contributed by atoms with Crippen molar-refractivity contribution >= 4 is 21.7 Å². The number of nitrogens with zero attached hydrogens (tertiary/aromatic N) is 3. The first-order valence-electron chi connectivity index (χ1n) is 6.96. The molecule has 7 nitrogen and oxygen atoms in total. The molecule has 0 fully saturated rings. The smallest absolute Gasteiger partial charge is 0.324 e. The zero-order valence-electron chi connectivity index (χ0n) is 13.4. The lowest BCUT2D eigenvalue weighted by Gasteiger charge is -2.23. The quantitative estimate of drug-likeness (QED) is 0.895. The first-order valence-corrected chi connectivity index (χ1v) is 8.40. The Morgan fingerprint density at radius 2 is 1.78 bits per heavy atom. The Labute approximate surface area is 135 Å². The van der Waals surface area contributed by atoms with E-state index in [9.17, 15) is 13.2 Å². The Kier molecular flexibility index (Phi) is 4.46. The van der Waals surface area contributed by atoms with E-state index in [0.29, 0.717) is 17.1 Å². The number of anilines is 1. The average Bonchev–Trinajstić information content (AvgIpc) is 2.70. The predicted molar refractivity (Wildman–Crippen MR) is 86.0 cm³/mol. The molecule has 2 aromatic rings. The normalized spacial score (nSPS) is 11.5. The minimum absolute atomic E-state index is 0.0434. The van der Waals surface area contributed by atoms with Gasteiger partial charge in [0.1, 0.15) is 11.4 Å². The highest BCUT2D eigenvalue weighted by molar-refractivity contribution is 7.93. The number of hydrogen-bond acceptors (Lipinski definition) is 4. The van der Waals surface area contributed by atoms with Crippen LogP contribution in [-0.2, 0) is 21.9 Å². The van der Waals surface area contributed by atoms with Gasteiger partial charge in [-0.2, -0.15) is 5.10 Å². The lowest BCUT2D eigenvalue weighted by atomic mass is 10.2. The number of carboxylic acids is 1. The van der Waals surface area contributed by atoms with Gasteiger partial charge in [-0.15, -0.1) is 0 Å². The average molecular weight is 337 g/mol. The third-order valence-electron chi connectivity index (χ3n) is 3.59. The summed E-state index contributed by atoms with van der Waals surface area (Å²) in [4.78, 5) is 11.2. The summed E-state index contributed by atoms with van der Waals surface area (Å²) >= 11 is 0. The fourth-order valence-corrected chi connectivity index (χ4v) is 4.21. The Bertz CT molecular complexity index is 838. The minimum Gasteiger partial charge on any atom is -0.480 e. The third kappa shape index (κ3) is 3.21. The van der Waals surface area contributed by atoms with Crippen LogP contribution in [0.15, 0.2) is 29.2 Å². The van der Waals surface area contributed by atoms with Gasteiger partial charge in [0.15, 0.2) is 0 Å². The van der Waals surface area contributed by atoms with E-state index >= 15 is 0 Å². The van der Waals surface area contributed by atoms with Gasteiger partial charge < -0.3 is 5.11 Å². The summed E-state index contributed by atoms with van der Waals surface area (Å²) in [6.07, 6.45) is 0. The van der Waals surface area contributed by atoms with Crippen LogP contribution in [0.5, 0.6) is 0 Å². The van der Waals surface area contributed by atoms with Gasteiger partial charge >= 0.3 is 5.97 Å². The Balaban J connectivity index is 2.62. The number of rotatable bonds is 5. The molecule has 1 aromatic carbocycles. The van der Waals surface area contributed by atoms with Crippen LogP contribution in [0, 0.1) is 20.8 Å². The van der Waals surface area contributed by atoms with E-state index in [2.05, 4.69) is 5.10 Å². The van der Waals surface area contributed by atoms with Crippen LogP contribution >= 0.6 is 0 Å². The van der Waals surface area contributed by atoms with Crippen LogP contribution in [0.1, 0.15) is 17.0 Å². The molecule has 0 aliphatic rings. The molecule has 0 radical (unpaired) electrons. The van der Waals surface area contributed by atoms with Gasteiger partial charge in [-0.05, 0) is 32.9 Å². The van der Waals surface area contributed by atoms with Gasteiger partial charge in [0.2, 0.25) is 0 Å². The van der Waals surface area contributed by atoms with Crippen molar-refractivity contribution < 1.29 is 18.3 Å². The monoisotopic (exact) mass is 337 g/mol. The van der Waals surface area contributed by atoms with Crippen molar-refractivity contribution in [3.05, 3.63) is 41.2 Å². The molecule has 0 saturated heterocycles. The summed E-state index contributed by atoms with van der Waals surface area (Å²) in [7, 11) is -2.39. The molecule has 124 valence electrons. The molecule has 0 amide bonds. The van der Waals surface area contributed by atoms with Crippen LogP contribution < -0.4 is 4.31 Å². The number of aliphatic carboxylic acids is 1. The predicted octanol–water partition coefficient (Wildman–Crippen LogP) is 1.63. The zero-order chi connectivity index (χ0) is 17.4. The Morgan fingerprint density at radius 1 is 1.22 bits per heavy atom. The molecule has 2 rings (SSSR count). The van der Waals surface area contributed by atoms with Crippen LogP contribution in [0.2, 0.25) is 0 Å². The van der Waals surface area contributed by atoms with Crippen molar-refractivity contribution in [3.63, 3.8) is 0 Å². The lowest BCUT2D eigenvalue weighted by molar-refractivity contribution is -0.135. The second-order valence-electron chi connectivity index (χ2n) is 5.36. The first-order chi connectivity index (χ1) is 10.6. The summed E-state index contributed by atoms with van der Waals surface area (Å²) in [6.45, 7) is 4.45. The largest absolute Gasteiger partial charge is 0.480 e. The topological polar surface area (TPSA) is 92.5 Å². The van der Waals surface area contributed by atoms with Gasteiger partial charge in [0.25, 0.3) is 10.0 Å². The highest BCUT2D eigenvalue weighted by Crippen LogP contribution is 2.27. The van der Waals surface area contributed by atoms with Crippen LogP contribution in [0.25, 0.3) is 0 Å². The van der Waals surface area contributed by atoms with Crippen LogP contribution in [-0.4, -0.2) is 35.8 Å². The highest BCUT2D eigenvalue weighted by atomic mass is 32.2. The number of carboxylic acid groups (broad SMARTS) is 1. The van der Waals surface area contributed by atoms with Gasteiger partial charge in [0.05, 0.1) is 17.1 Å². The maximum absolute atomic E-state index is 13.0. The first kappa shape index (κ1) is 17.0. The van der Waals surface area contributed by atoms with E-state index in [1.807, 2.05) is 6.92 Å². The van der Waals surface area contributed by atoms with Crippen molar-refractivity contribution in [2.24, 2.45) is 7.05 Å². The molecule has 1 heterocycles. The van der Waals surface area contributed by atoms with E-state index in [-0.39, 0.29) is 4.90 Å². The number of aromatic nitrogens is 2. The molecule has 0 saturated carbocycles. The fourth-order valence-electron chi connectivity index (χ4n) is 2.39. The van der Waals surface area contributed by atoms with Crippen molar-refractivity contribution in [1.82, 2.24) is 9.78 Å². The highest BCUT2D eigenvalue weighted by Gasteiger charge is 2.32. The summed E-state index contributed by atoms with van der Waals surface area (Å²) in [6, 6.07) is 6.67. The van der Waals surface area contributed by atoms with Gasteiger partial charge in [-0.25, -0.2) is 8.42 Å². The maximum atomic E-state index is 13.0. The number of benzene rings is 1. The number of sulfonamides is 1. The van der Waals surface area contributed by atoms with E-state index in [1.54, 1.807) is 45.2 Å². The van der Waals surface area contributed by atoms with Gasteiger partial charge in [0, 0.05) is 7.05 Å². The zero-order valence-corrected chi connectivity index (χ0v) is 14.3. The summed E-state index contributed by atoms with van der Waals surface area (Å²) in [5.41, 5.74) is 2.06. The molecule has 1 aromatic heterocycles. The molecule has 1 N–H and O–H groups in total. The molecule has 23 heavy (non-hydrogen) atoms. The summed E-state index contributed by atoms with van der Waals surface area (Å²) in [5.74, 6) is -1.23. The van der Waals surface area contributed by atoms with Crippen molar-refractivity contribution in [3.8, 4) is 0 Å². The van der Waals surface area contributed by atoms with Crippen molar-refractivity contribution in [2.45, 2.75) is 25.7 Å². The van der Waals surface area contributed by atoms with Crippen LogP contribution in [0.3, 0.4) is 0 Å². The maximum Gasteiger partial charge on any atom is 0.324 e. The van der Waals surface area contributed by atoms with Gasteiger partial charge in [-0.1, -0.05) is 17.7 Å².